The van der Waals surface area contributed by atoms with Crippen LogP contribution in [-0.4, -0.2) is 71.6 Å². The first kappa shape index (κ1) is 30.6. The molecule has 6 rings (SSSR count). The second kappa shape index (κ2) is 12.6. The van der Waals surface area contributed by atoms with Crippen LogP contribution in [0.25, 0.3) is 23.0 Å². The standard InChI is InChI=1S/C34H35N5O5S/c1-23-9-7-15-37(20-23)45(42,43)29-14-6-10-25(17-29)32-26(21-39(36-32)27-11-4-3-5-12-27)18-30-24(2)31(19-35)34(41)38(33(30)40)22-28-13-8-16-44-28/h3-6,10-12,14,17-18,21,23,28H,7-9,13,15-16,20,22H2,1-2H3/b30-18+. The van der Waals surface area contributed by atoms with Gasteiger partial charge in [-0.3, -0.25) is 14.5 Å². The number of para-hydroxylation sites is 1. The van der Waals surface area contributed by atoms with Crippen LogP contribution in [0, 0.1) is 17.2 Å². The number of carbonyl (C=O) groups is 2. The minimum atomic E-state index is -3.73. The third kappa shape index (κ3) is 6.01. The highest BCUT2D eigenvalue weighted by atomic mass is 32.2. The van der Waals surface area contributed by atoms with Crippen molar-refractivity contribution in [3.8, 4) is 23.0 Å². The van der Waals surface area contributed by atoms with Crippen LogP contribution in [0.15, 0.2) is 82.4 Å². The Balaban J connectivity index is 1.46. The Labute approximate surface area is 263 Å². The van der Waals surface area contributed by atoms with Gasteiger partial charge in [0.05, 0.1) is 23.2 Å². The van der Waals surface area contributed by atoms with Gasteiger partial charge in [-0.25, -0.2) is 13.1 Å². The van der Waals surface area contributed by atoms with E-state index in [0.717, 1.165) is 36.3 Å². The van der Waals surface area contributed by atoms with Crippen molar-refractivity contribution in [2.24, 2.45) is 5.92 Å². The topological polar surface area (TPSA) is 126 Å². The summed E-state index contributed by atoms with van der Waals surface area (Å²) in [5.74, 6) is -0.857. The lowest BCUT2D eigenvalue weighted by atomic mass is 9.93. The van der Waals surface area contributed by atoms with Crippen molar-refractivity contribution in [2.75, 3.05) is 26.2 Å². The lowest BCUT2D eigenvalue weighted by molar-refractivity contribution is -0.142. The molecule has 45 heavy (non-hydrogen) atoms. The monoisotopic (exact) mass is 625 g/mol. The SMILES string of the molecule is CC1=C(C#N)C(=O)N(CC2CCCO2)C(=O)/C1=C/c1cn(-c2ccccc2)nc1-c1cccc(S(=O)(=O)N2CCCC(C)C2)c1. The summed E-state index contributed by atoms with van der Waals surface area (Å²) in [6.45, 7) is 5.24. The van der Waals surface area contributed by atoms with Crippen molar-refractivity contribution < 1.29 is 22.7 Å². The maximum atomic E-state index is 13.8. The van der Waals surface area contributed by atoms with E-state index in [1.54, 1.807) is 52.4 Å². The fourth-order valence-electron chi connectivity index (χ4n) is 6.19. The number of carbonyl (C=O) groups excluding carboxylic acids is 2. The largest absolute Gasteiger partial charge is 0.376 e. The number of aromatic nitrogens is 2. The molecule has 0 N–H and O–H groups in total. The van der Waals surface area contributed by atoms with E-state index in [-0.39, 0.29) is 40.2 Å². The van der Waals surface area contributed by atoms with Crippen molar-refractivity contribution in [3.63, 3.8) is 0 Å². The van der Waals surface area contributed by atoms with E-state index >= 15 is 0 Å². The number of hydrogen-bond acceptors (Lipinski definition) is 7. The maximum absolute atomic E-state index is 13.8. The summed E-state index contributed by atoms with van der Waals surface area (Å²) in [5, 5.41) is 14.7. The average molecular weight is 626 g/mol. The van der Waals surface area contributed by atoms with Crippen LogP contribution in [0.2, 0.25) is 0 Å². The van der Waals surface area contributed by atoms with E-state index in [0.29, 0.717) is 36.5 Å². The van der Waals surface area contributed by atoms with Crippen LogP contribution in [-0.2, 0) is 24.3 Å². The maximum Gasteiger partial charge on any atom is 0.271 e. The van der Waals surface area contributed by atoms with Gasteiger partial charge in [-0.2, -0.15) is 14.7 Å². The first-order valence-corrected chi connectivity index (χ1v) is 16.7. The van der Waals surface area contributed by atoms with Gasteiger partial charge in [0.25, 0.3) is 11.8 Å². The highest BCUT2D eigenvalue weighted by molar-refractivity contribution is 7.89. The van der Waals surface area contributed by atoms with Crippen molar-refractivity contribution >= 4 is 27.9 Å². The van der Waals surface area contributed by atoms with Gasteiger partial charge in [0.1, 0.15) is 17.3 Å². The third-order valence-electron chi connectivity index (χ3n) is 8.66. The van der Waals surface area contributed by atoms with E-state index < -0.39 is 21.8 Å². The molecule has 0 saturated carbocycles. The Morgan fingerprint density at radius 2 is 1.87 bits per heavy atom. The number of nitrogens with zero attached hydrogens (tertiary/aromatic N) is 5. The molecule has 1 aromatic heterocycles. The molecule has 2 atom stereocenters. The molecule has 3 aliphatic heterocycles. The minimum Gasteiger partial charge on any atom is -0.376 e. The van der Waals surface area contributed by atoms with E-state index in [4.69, 9.17) is 9.84 Å². The van der Waals surface area contributed by atoms with Gasteiger partial charge in [0.15, 0.2) is 0 Å². The number of rotatable bonds is 7. The summed E-state index contributed by atoms with van der Waals surface area (Å²) in [7, 11) is -3.73. The van der Waals surface area contributed by atoms with Gasteiger partial charge in [-0.1, -0.05) is 37.3 Å². The van der Waals surface area contributed by atoms with Crippen molar-refractivity contribution in [1.29, 1.82) is 5.26 Å². The summed E-state index contributed by atoms with van der Waals surface area (Å²) >= 11 is 0. The number of piperidine rings is 1. The molecule has 2 unspecified atom stereocenters. The van der Waals surface area contributed by atoms with Crippen molar-refractivity contribution in [3.05, 3.63) is 83.1 Å². The molecule has 0 aliphatic carbocycles. The Morgan fingerprint density at radius 3 is 2.58 bits per heavy atom. The molecule has 2 aromatic carbocycles. The van der Waals surface area contributed by atoms with Crippen LogP contribution in [0.4, 0.5) is 0 Å². The lowest BCUT2D eigenvalue weighted by Gasteiger charge is -2.30. The Bertz CT molecular complexity index is 1850. The Hall–Kier alpha value is -4.37. The molecule has 3 aromatic rings. The molecule has 0 spiro atoms. The van der Waals surface area contributed by atoms with Crippen LogP contribution in [0.5, 0.6) is 0 Å². The van der Waals surface area contributed by atoms with E-state index in [1.165, 1.54) is 0 Å². The van der Waals surface area contributed by atoms with Gasteiger partial charge in [-0.15, -0.1) is 0 Å². The number of ether oxygens (including phenoxy) is 1. The molecule has 232 valence electrons. The molecule has 2 amide bonds. The molecule has 11 heteroatoms. The van der Waals surface area contributed by atoms with Gasteiger partial charge < -0.3 is 4.74 Å². The van der Waals surface area contributed by atoms with E-state index in [2.05, 4.69) is 6.92 Å². The summed E-state index contributed by atoms with van der Waals surface area (Å²) in [4.78, 5) is 28.3. The minimum absolute atomic E-state index is 0.0681. The Kier molecular flexibility index (Phi) is 8.55. The summed E-state index contributed by atoms with van der Waals surface area (Å²) in [6, 6.07) is 18.1. The highest BCUT2D eigenvalue weighted by Crippen LogP contribution is 2.33. The summed E-state index contributed by atoms with van der Waals surface area (Å²) < 4.78 is 36.2. The van der Waals surface area contributed by atoms with Crippen LogP contribution < -0.4 is 0 Å². The highest BCUT2D eigenvalue weighted by Gasteiger charge is 2.38. The van der Waals surface area contributed by atoms with Crippen LogP contribution in [0.1, 0.15) is 45.1 Å². The van der Waals surface area contributed by atoms with Gasteiger partial charge >= 0.3 is 0 Å². The van der Waals surface area contributed by atoms with E-state index in [1.807, 2.05) is 36.4 Å². The number of nitriles is 1. The molecule has 0 bridgehead atoms. The number of sulfonamides is 1. The quantitative estimate of drug-likeness (QED) is 0.275. The first-order valence-electron chi connectivity index (χ1n) is 15.2. The summed E-state index contributed by atoms with van der Waals surface area (Å²) in [6.07, 6.45) is 6.51. The smallest absolute Gasteiger partial charge is 0.271 e. The normalized spacial score (nSPS) is 22.3. The fraction of sp³-hybridized carbons (Fsp3) is 0.353. The second-order valence-electron chi connectivity index (χ2n) is 11.9. The number of imide groups is 1. The molecule has 10 nitrogen and oxygen atoms in total. The van der Waals surface area contributed by atoms with Crippen molar-refractivity contribution in [1.82, 2.24) is 19.0 Å². The summed E-state index contributed by atoms with van der Waals surface area (Å²) in [5.41, 5.74) is 2.70. The average Bonchev–Trinajstić information content (AvgIpc) is 3.72. The van der Waals surface area contributed by atoms with Gasteiger partial charge in [-0.05, 0) is 74.4 Å². The first-order chi connectivity index (χ1) is 21.7. The molecule has 2 fully saturated rings. The molecule has 3 aliphatic rings. The lowest BCUT2D eigenvalue weighted by Crippen LogP contribution is -2.46. The number of amides is 2. The number of benzene rings is 2. The Morgan fingerprint density at radius 1 is 1.07 bits per heavy atom. The van der Waals surface area contributed by atoms with Crippen LogP contribution in [0.3, 0.4) is 0 Å². The number of hydrogen-bond donors (Lipinski definition) is 0. The molecular formula is C34H35N5O5S. The third-order valence-corrected chi connectivity index (χ3v) is 10.5. The van der Waals surface area contributed by atoms with Gasteiger partial charge in [0, 0.05) is 42.6 Å². The van der Waals surface area contributed by atoms with Crippen LogP contribution >= 0.6 is 0 Å². The molecule has 2 saturated heterocycles. The predicted octanol–water partition coefficient (Wildman–Crippen LogP) is 4.73. The van der Waals surface area contributed by atoms with Gasteiger partial charge in [0.2, 0.25) is 10.0 Å². The van der Waals surface area contributed by atoms with Crippen molar-refractivity contribution in [2.45, 2.75) is 50.5 Å². The molecule has 0 radical (unpaired) electrons. The fourth-order valence-corrected chi connectivity index (χ4v) is 7.84. The zero-order valence-electron chi connectivity index (χ0n) is 25.3. The molecule has 4 heterocycles. The predicted molar refractivity (Wildman–Crippen MR) is 168 cm³/mol. The molecular weight excluding hydrogens is 590 g/mol. The second-order valence-corrected chi connectivity index (χ2v) is 13.8. The zero-order valence-corrected chi connectivity index (χ0v) is 26.2. The zero-order chi connectivity index (χ0) is 31.7. The van der Waals surface area contributed by atoms with E-state index in [9.17, 15) is 23.3 Å².